The van der Waals surface area contributed by atoms with E-state index in [1.807, 2.05) is 0 Å². The molecule has 0 saturated heterocycles. The lowest BCUT2D eigenvalue weighted by Gasteiger charge is -2.26. The number of hydrogen-bond donors (Lipinski definition) is 0. The third-order valence-electron chi connectivity index (χ3n) is 2.90. The van der Waals surface area contributed by atoms with Crippen LogP contribution in [0.2, 0.25) is 0 Å². The van der Waals surface area contributed by atoms with Crippen LogP contribution in [0.4, 0.5) is 0 Å². The molecule has 5 nitrogen and oxygen atoms in total. The molecule has 1 rings (SSSR count). The van der Waals surface area contributed by atoms with E-state index in [-0.39, 0.29) is 24.4 Å². The second kappa shape index (κ2) is 5.63. The first kappa shape index (κ1) is 13.4. The second-order valence-corrected chi connectivity index (χ2v) is 5.87. The first-order valence-electron chi connectivity index (χ1n) is 5.34. The van der Waals surface area contributed by atoms with Crippen molar-refractivity contribution < 1.29 is 22.1 Å². The molecule has 1 aliphatic carbocycles. The predicted octanol–water partition coefficient (Wildman–Crippen LogP) is 0.942. The number of methoxy groups -OCH3 is 1. The van der Waals surface area contributed by atoms with Gasteiger partial charge in [-0.25, -0.2) is 0 Å². The minimum absolute atomic E-state index is 0.0283. The van der Waals surface area contributed by atoms with Crippen LogP contribution >= 0.6 is 0 Å². The van der Waals surface area contributed by atoms with Crippen LogP contribution in [0.3, 0.4) is 0 Å². The molecule has 0 amide bonds. The zero-order valence-electron chi connectivity index (χ0n) is 9.64. The van der Waals surface area contributed by atoms with E-state index >= 15 is 0 Å². The van der Waals surface area contributed by atoms with Gasteiger partial charge in [0.15, 0.2) is 0 Å². The van der Waals surface area contributed by atoms with Crippen molar-refractivity contribution in [1.82, 2.24) is 0 Å². The van der Waals surface area contributed by atoms with Gasteiger partial charge in [-0.05, 0) is 31.6 Å². The lowest BCUT2D eigenvalue weighted by Crippen LogP contribution is -2.25. The molecule has 0 aromatic rings. The summed E-state index contributed by atoms with van der Waals surface area (Å²) in [6, 6.07) is 0. The topological polar surface area (TPSA) is 69.7 Å². The Bertz CT molecular complexity index is 327. The molecular weight excluding hydrogens is 232 g/mol. The quantitative estimate of drug-likeness (QED) is 0.548. The molecule has 0 aromatic heterocycles. The molecule has 0 radical (unpaired) electrons. The Kier molecular flexibility index (Phi) is 4.73. The minimum atomic E-state index is -3.35. The highest BCUT2D eigenvalue weighted by molar-refractivity contribution is 7.85. The zero-order chi connectivity index (χ0) is 12.2. The average Bonchev–Trinajstić information content (AvgIpc) is 2.25. The van der Waals surface area contributed by atoms with E-state index in [2.05, 4.69) is 4.74 Å². The fraction of sp³-hybridized carbons (Fsp3) is 0.900. The van der Waals surface area contributed by atoms with Gasteiger partial charge < -0.3 is 4.74 Å². The van der Waals surface area contributed by atoms with Gasteiger partial charge in [0.1, 0.15) is 0 Å². The Morgan fingerprint density at radius 3 is 2.25 bits per heavy atom. The summed E-state index contributed by atoms with van der Waals surface area (Å²) in [6.45, 7) is 0.229. The Labute approximate surface area is 96.2 Å². The summed E-state index contributed by atoms with van der Waals surface area (Å²) in [5.74, 6) is 0.0394. The van der Waals surface area contributed by atoms with Gasteiger partial charge in [-0.2, -0.15) is 8.42 Å². The third-order valence-corrected chi connectivity index (χ3v) is 3.46. The molecule has 0 bridgehead atoms. The van der Waals surface area contributed by atoms with Gasteiger partial charge in [0.2, 0.25) is 0 Å². The van der Waals surface area contributed by atoms with Crippen LogP contribution in [0.15, 0.2) is 0 Å². The monoisotopic (exact) mass is 250 g/mol. The van der Waals surface area contributed by atoms with Crippen LogP contribution in [0.25, 0.3) is 0 Å². The van der Waals surface area contributed by atoms with Crippen LogP contribution in [-0.2, 0) is 23.8 Å². The van der Waals surface area contributed by atoms with Crippen LogP contribution in [0, 0.1) is 11.8 Å². The van der Waals surface area contributed by atoms with E-state index in [9.17, 15) is 13.2 Å². The van der Waals surface area contributed by atoms with E-state index in [0.717, 1.165) is 31.9 Å². The maximum absolute atomic E-state index is 11.2. The maximum atomic E-state index is 11.2. The fourth-order valence-corrected chi connectivity index (χ4v) is 2.39. The molecule has 94 valence electrons. The molecule has 0 aromatic carbocycles. The molecular formula is C10H18O5S. The van der Waals surface area contributed by atoms with Crippen LogP contribution in [0.1, 0.15) is 25.7 Å². The highest BCUT2D eigenvalue weighted by atomic mass is 32.2. The first-order valence-corrected chi connectivity index (χ1v) is 7.16. The molecule has 0 atom stereocenters. The van der Waals surface area contributed by atoms with Gasteiger partial charge in [-0.3, -0.25) is 8.98 Å². The summed E-state index contributed by atoms with van der Waals surface area (Å²) < 4.78 is 31.0. The number of ether oxygens (including phenoxy) is 1. The smallest absolute Gasteiger partial charge is 0.308 e. The predicted molar refractivity (Wildman–Crippen MR) is 58.3 cm³/mol. The van der Waals surface area contributed by atoms with Gasteiger partial charge >= 0.3 is 5.97 Å². The van der Waals surface area contributed by atoms with E-state index in [1.54, 1.807) is 0 Å². The van der Waals surface area contributed by atoms with E-state index < -0.39 is 10.1 Å². The van der Waals surface area contributed by atoms with Crippen LogP contribution in [-0.4, -0.2) is 34.4 Å². The largest absolute Gasteiger partial charge is 0.469 e. The van der Waals surface area contributed by atoms with Gasteiger partial charge in [-0.1, -0.05) is 0 Å². The van der Waals surface area contributed by atoms with Crippen molar-refractivity contribution in [2.45, 2.75) is 25.7 Å². The van der Waals surface area contributed by atoms with Gasteiger partial charge in [0.25, 0.3) is 10.1 Å². The van der Waals surface area contributed by atoms with Crippen molar-refractivity contribution >= 4 is 16.1 Å². The number of carbonyl (C=O) groups is 1. The summed E-state index contributed by atoms with van der Waals surface area (Å²) in [6.07, 6.45) is 4.19. The van der Waals surface area contributed by atoms with E-state index in [0.29, 0.717) is 0 Å². The van der Waals surface area contributed by atoms with E-state index in [1.165, 1.54) is 7.11 Å². The number of rotatable bonds is 4. The molecule has 0 spiro atoms. The van der Waals surface area contributed by atoms with Crippen LogP contribution < -0.4 is 0 Å². The van der Waals surface area contributed by atoms with Crippen LogP contribution in [0.5, 0.6) is 0 Å². The molecule has 0 heterocycles. The molecule has 1 aliphatic rings. The summed E-state index contributed by atoms with van der Waals surface area (Å²) >= 11 is 0. The number of esters is 1. The lowest BCUT2D eigenvalue weighted by atomic mass is 9.82. The standard InChI is InChI=1S/C10H18O5S/c1-14-10(11)9-5-3-8(4-6-9)7-15-16(2,12)13/h8-9H,3-7H2,1-2H3. The minimum Gasteiger partial charge on any atom is -0.469 e. The Balaban J connectivity index is 2.30. The SMILES string of the molecule is COC(=O)C1CCC(COS(C)(=O)=O)CC1. The molecule has 1 fully saturated rings. The third kappa shape index (κ3) is 4.49. The molecule has 0 N–H and O–H groups in total. The highest BCUT2D eigenvalue weighted by Gasteiger charge is 2.27. The van der Waals surface area contributed by atoms with Crippen molar-refractivity contribution in [1.29, 1.82) is 0 Å². The summed E-state index contributed by atoms with van der Waals surface area (Å²) in [4.78, 5) is 11.2. The van der Waals surface area contributed by atoms with Gasteiger partial charge in [0.05, 0.1) is 25.9 Å². The van der Waals surface area contributed by atoms with Crippen molar-refractivity contribution in [3.63, 3.8) is 0 Å². The Hall–Kier alpha value is -0.620. The summed E-state index contributed by atoms with van der Waals surface area (Å²) in [5.41, 5.74) is 0. The van der Waals surface area contributed by atoms with Crippen molar-refractivity contribution in [3.05, 3.63) is 0 Å². The van der Waals surface area contributed by atoms with Gasteiger partial charge in [0, 0.05) is 0 Å². The maximum Gasteiger partial charge on any atom is 0.308 e. The van der Waals surface area contributed by atoms with Crippen molar-refractivity contribution in [2.24, 2.45) is 11.8 Å². The highest BCUT2D eigenvalue weighted by Crippen LogP contribution is 2.29. The van der Waals surface area contributed by atoms with Crippen molar-refractivity contribution in [2.75, 3.05) is 20.0 Å². The first-order chi connectivity index (χ1) is 7.42. The molecule has 0 unspecified atom stereocenters. The van der Waals surface area contributed by atoms with Crippen molar-refractivity contribution in [3.8, 4) is 0 Å². The van der Waals surface area contributed by atoms with Gasteiger partial charge in [-0.15, -0.1) is 0 Å². The number of hydrogen-bond acceptors (Lipinski definition) is 5. The van der Waals surface area contributed by atoms with E-state index in [4.69, 9.17) is 4.18 Å². The molecule has 6 heteroatoms. The normalized spacial score (nSPS) is 26.4. The number of carbonyl (C=O) groups excluding carboxylic acids is 1. The fourth-order valence-electron chi connectivity index (χ4n) is 1.95. The summed E-state index contributed by atoms with van der Waals surface area (Å²) in [5, 5.41) is 0. The zero-order valence-corrected chi connectivity index (χ0v) is 10.5. The Morgan fingerprint density at radius 1 is 1.25 bits per heavy atom. The average molecular weight is 250 g/mol. The molecule has 1 saturated carbocycles. The summed E-state index contributed by atoms with van der Waals surface area (Å²) in [7, 11) is -1.96. The molecule has 16 heavy (non-hydrogen) atoms. The second-order valence-electron chi connectivity index (χ2n) is 4.23. The molecule has 0 aliphatic heterocycles. The Morgan fingerprint density at radius 2 is 1.81 bits per heavy atom. The lowest BCUT2D eigenvalue weighted by molar-refractivity contribution is -0.146.